The van der Waals surface area contributed by atoms with Crippen LogP contribution in [0.25, 0.3) is 10.9 Å². The van der Waals surface area contributed by atoms with Gasteiger partial charge in [-0.25, -0.2) is 4.79 Å². The molecule has 10 heteroatoms. The van der Waals surface area contributed by atoms with Crippen molar-refractivity contribution in [1.29, 1.82) is 0 Å². The zero-order valence-corrected chi connectivity index (χ0v) is 23.7. The van der Waals surface area contributed by atoms with E-state index >= 15 is 0 Å². The average Bonchev–Trinajstić information content (AvgIpc) is 3.38. The van der Waals surface area contributed by atoms with E-state index in [1.807, 2.05) is 60.7 Å². The Morgan fingerprint density at radius 1 is 0.857 bits per heavy atom. The van der Waals surface area contributed by atoms with Gasteiger partial charge >= 0.3 is 12.1 Å². The first-order valence-electron chi connectivity index (χ1n) is 13.5. The fourth-order valence-corrected chi connectivity index (χ4v) is 4.10. The Kier molecular flexibility index (Phi) is 9.59. The number of anilines is 1. The fourth-order valence-electron chi connectivity index (χ4n) is 4.10. The van der Waals surface area contributed by atoms with Crippen molar-refractivity contribution in [1.82, 2.24) is 15.6 Å². The molecule has 0 bridgehead atoms. The predicted octanol–water partition coefficient (Wildman–Crippen LogP) is 4.72. The van der Waals surface area contributed by atoms with Gasteiger partial charge in [-0.05, 0) is 50.1 Å². The lowest BCUT2D eigenvalue weighted by molar-refractivity contribution is -0.143. The van der Waals surface area contributed by atoms with Gasteiger partial charge in [-0.1, -0.05) is 66.7 Å². The maximum absolute atomic E-state index is 13.3. The first-order valence-corrected chi connectivity index (χ1v) is 13.5. The molecule has 42 heavy (non-hydrogen) atoms. The van der Waals surface area contributed by atoms with E-state index in [2.05, 4.69) is 20.9 Å². The second kappa shape index (κ2) is 13.5. The quantitative estimate of drug-likeness (QED) is 0.204. The molecule has 0 unspecified atom stereocenters. The number of aromatic amines is 1. The van der Waals surface area contributed by atoms with Crippen molar-refractivity contribution in [2.24, 2.45) is 0 Å². The molecule has 1 atom stereocenters. The molecule has 4 rings (SSSR count). The lowest BCUT2D eigenvalue weighted by Gasteiger charge is -2.23. The largest absolute Gasteiger partial charge is 0.460 e. The van der Waals surface area contributed by atoms with Crippen LogP contribution in [0, 0.1) is 0 Å². The van der Waals surface area contributed by atoms with Crippen molar-refractivity contribution in [3.8, 4) is 0 Å². The third kappa shape index (κ3) is 8.95. The molecule has 4 N–H and O–H groups in total. The molecule has 1 aromatic heterocycles. The molecule has 10 nitrogen and oxygen atoms in total. The number of carbonyl (C=O) groups excluding carboxylic acids is 4. The second-order valence-electron chi connectivity index (χ2n) is 10.7. The number of hydrogen-bond acceptors (Lipinski definition) is 6. The highest BCUT2D eigenvalue weighted by atomic mass is 16.6. The van der Waals surface area contributed by atoms with Crippen molar-refractivity contribution < 1.29 is 28.7 Å². The molecule has 0 aliphatic carbocycles. The van der Waals surface area contributed by atoms with Crippen LogP contribution < -0.4 is 16.0 Å². The summed E-state index contributed by atoms with van der Waals surface area (Å²) in [6, 6.07) is 24.5. The van der Waals surface area contributed by atoms with E-state index in [1.54, 1.807) is 45.0 Å². The summed E-state index contributed by atoms with van der Waals surface area (Å²) in [6.07, 6.45) is -0.438. The monoisotopic (exact) mass is 570 g/mol. The summed E-state index contributed by atoms with van der Waals surface area (Å²) in [5.74, 6) is -1.46. The number of benzene rings is 3. The van der Waals surface area contributed by atoms with E-state index in [9.17, 15) is 19.2 Å². The van der Waals surface area contributed by atoms with Gasteiger partial charge in [0.2, 0.25) is 5.91 Å². The van der Waals surface area contributed by atoms with Crippen LogP contribution in [-0.4, -0.2) is 47.0 Å². The van der Waals surface area contributed by atoms with Crippen LogP contribution in [0.4, 0.5) is 10.5 Å². The van der Waals surface area contributed by atoms with Crippen LogP contribution in [0.5, 0.6) is 0 Å². The van der Waals surface area contributed by atoms with Crippen LogP contribution in [0.3, 0.4) is 0 Å². The van der Waals surface area contributed by atoms with Crippen LogP contribution >= 0.6 is 0 Å². The van der Waals surface area contributed by atoms with Gasteiger partial charge in [0.1, 0.15) is 30.5 Å². The predicted molar refractivity (Wildman–Crippen MR) is 159 cm³/mol. The minimum Gasteiger partial charge on any atom is -0.460 e. The summed E-state index contributed by atoms with van der Waals surface area (Å²) < 4.78 is 10.5. The SMILES string of the molecule is CC(C)(C)OC(=O)N[C@@H](Cc1ccccc1)C(=O)Nc1ccc2cc(C(=O)NCC(=O)OCc3ccccc3)[nH]c2c1. The zero-order chi connectivity index (χ0) is 30.1. The van der Waals surface area contributed by atoms with Gasteiger partial charge in [-0.2, -0.15) is 0 Å². The molecule has 0 saturated carbocycles. The summed E-state index contributed by atoms with van der Waals surface area (Å²) in [5, 5.41) is 8.79. The van der Waals surface area contributed by atoms with E-state index in [0.29, 0.717) is 11.2 Å². The van der Waals surface area contributed by atoms with Gasteiger partial charge in [0.05, 0.1) is 0 Å². The number of hydrogen-bond donors (Lipinski definition) is 4. The summed E-state index contributed by atoms with van der Waals surface area (Å²) >= 11 is 0. The highest BCUT2D eigenvalue weighted by Crippen LogP contribution is 2.21. The van der Waals surface area contributed by atoms with Crippen molar-refractivity contribution in [3.05, 3.63) is 102 Å². The number of fused-ring (bicyclic) bond motifs is 1. The molecule has 0 fully saturated rings. The Labute approximate surface area is 243 Å². The van der Waals surface area contributed by atoms with Gasteiger partial charge in [-0.3, -0.25) is 14.4 Å². The van der Waals surface area contributed by atoms with Crippen molar-refractivity contribution in [2.45, 2.75) is 45.4 Å². The molecule has 0 radical (unpaired) electrons. The number of alkyl carbamates (subject to hydrolysis) is 1. The Hall–Kier alpha value is -5.12. The number of ether oxygens (including phenoxy) is 2. The highest BCUT2D eigenvalue weighted by molar-refractivity contribution is 6.01. The first kappa shape index (κ1) is 29.9. The number of aromatic nitrogens is 1. The number of esters is 1. The molecule has 3 aromatic carbocycles. The molecule has 0 saturated heterocycles. The molecule has 3 amide bonds. The standard InChI is InChI=1S/C32H34N4O6/c1-32(2,3)42-31(40)36-26(16-21-10-6-4-7-11-21)30(39)34-24-15-14-23-17-27(35-25(23)18-24)29(38)33-19-28(37)41-20-22-12-8-5-9-13-22/h4-15,17-18,26,35H,16,19-20H2,1-3H3,(H,33,38)(H,34,39)(H,36,40)/t26-/m0/s1. The number of carbonyl (C=O) groups is 4. The maximum atomic E-state index is 13.3. The average molecular weight is 571 g/mol. The Morgan fingerprint density at radius 2 is 1.52 bits per heavy atom. The normalized spacial score (nSPS) is 11.8. The lowest BCUT2D eigenvalue weighted by Crippen LogP contribution is -2.47. The van der Waals surface area contributed by atoms with Gasteiger partial charge in [0, 0.05) is 23.0 Å². The smallest absolute Gasteiger partial charge is 0.408 e. The number of nitrogens with one attached hydrogen (secondary N) is 4. The molecular weight excluding hydrogens is 536 g/mol. The van der Waals surface area contributed by atoms with Crippen LogP contribution in [0.15, 0.2) is 84.9 Å². The third-order valence-corrected chi connectivity index (χ3v) is 6.06. The van der Waals surface area contributed by atoms with Gasteiger partial charge in [-0.15, -0.1) is 0 Å². The lowest BCUT2D eigenvalue weighted by atomic mass is 10.1. The van der Waals surface area contributed by atoms with Gasteiger partial charge < -0.3 is 30.4 Å². The zero-order valence-electron chi connectivity index (χ0n) is 23.7. The van der Waals surface area contributed by atoms with Gasteiger partial charge in [0.15, 0.2) is 0 Å². The van der Waals surface area contributed by atoms with Crippen LogP contribution in [-0.2, 0) is 32.1 Å². The van der Waals surface area contributed by atoms with E-state index in [0.717, 1.165) is 16.5 Å². The minimum absolute atomic E-state index is 0.121. The molecule has 0 spiro atoms. The second-order valence-corrected chi connectivity index (χ2v) is 10.7. The van der Waals surface area contributed by atoms with E-state index in [-0.39, 0.29) is 25.3 Å². The molecule has 218 valence electrons. The van der Waals surface area contributed by atoms with E-state index < -0.39 is 35.5 Å². The Bertz CT molecular complexity index is 1540. The number of amides is 3. The molecule has 0 aliphatic heterocycles. The van der Waals surface area contributed by atoms with E-state index in [1.165, 1.54) is 0 Å². The van der Waals surface area contributed by atoms with Gasteiger partial charge in [0.25, 0.3) is 5.91 Å². The van der Waals surface area contributed by atoms with Crippen molar-refractivity contribution in [2.75, 3.05) is 11.9 Å². The molecule has 0 aliphatic rings. The molecule has 1 heterocycles. The Balaban J connectivity index is 1.38. The van der Waals surface area contributed by atoms with Crippen LogP contribution in [0.2, 0.25) is 0 Å². The summed E-state index contributed by atoms with van der Waals surface area (Å²) in [6.45, 7) is 5.08. The van der Waals surface area contributed by atoms with E-state index in [4.69, 9.17) is 9.47 Å². The third-order valence-electron chi connectivity index (χ3n) is 6.06. The summed E-state index contributed by atoms with van der Waals surface area (Å²) in [7, 11) is 0. The summed E-state index contributed by atoms with van der Waals surface area (Å²) in [5.41, 5.74) is 2.32. The minimum atomic E-state index is -0.899. The number of rotatable bonds is 10. The highest BCUT2D eigenvalue weighted by Gasteiger charge is 2.25. The Morgan fingerprint density at radius 3 is 2.19 bits per heavy atom. The molecule has 4 aromatic rings. The van der Waals surface area contributed by atoms with Crippen molar-refractivity contribution >= 4 is 40.5 Å². The summed E-state index contributed by atoms with van der Waals surface area (Å²) in [4.78, 5) is 53.4. The van der Waals surface area contributed by atoms with Crippen LogP contribution in [0.1, 0.15) is 42.4 Å². The van der Waals surface area contributed by atoms with Crippen molar-refractivity contribution in [3.63, 3.8) is 0 Å². The maximum Gasteiger partial charge on any atom is 0.408 e. The first-order chi connectivity index (χ1) is 20.1. The number of H-pyrrole nitrogens is 1. The fraction of sp³-hybridized carbons (Fsp3) is 0.250. The molecular formula is C32H34N4O6. The topological polar surface area (TPSA) is 139 Å².